The lowest BCUT2D eigenvalue weighted by Gasteiger charge is -2.36. The van der Waals surface area contributed by atoms with Crippen molar-refractivity contribution in [1.82, 2.24) is 0 Å². The number of esters is 1. The van der Waals surface area contributed by atoms with Crippen molar-refractivity contribution in [2.45, 2.75) is 65.1 Å². The van der Waals surface area contributed by atoms with Gasteiger partial charge in [-0.15, -0.1) is 0 Å². The van der Waals surface area contributed by atoms with Crippen molar-refractivity contribution in [2.24, 2.45) is 0 Å². The SMILES string of the molecule is C=CC(=O)OC(CC)[Si](CCC)(OCCC)OCCC. The van der Waals surface area contributed by atoms with Crippen molar-refractivity contribution in [2.75, 3.05) is 13.2 Å². The second-order valence-electron chi connectivity index (χ2n) is 4.80. The molecule has 0 amide bonds. The molecule has 0 aliphatic carbocycles. The molecule has 0 saturated carbocycles. The van der Waals surface area contributed by atoms with Crippen LogP contribution < -0.4 is 0 Å². The van der Waals surface area contributed by atoms with Gasteiger partial charge in [-0.25, -0.2) is 4.79 Å². The van der Waals surface area contributed by atoms with E-state index in [9.17, 15) is 4.79 Å². The molecular weight excluding hydrogens is 272 g/mol. The Morgan fingerprint density at radius 3 is 2.00 bits per heavy atom. The highest BCUT2D eigenvalue weighted by Crippen LogP contribution is 2.26. The number of ether oxygens (including phenoxy) is 1. The van der Waals surface area contributed by atoms with Crippen LogP contribution in [-0.4, -0.2) is 33.5 Å². The Bertz CT molecular complexity index is 273. The Labute approximate surface area is 124 Å². The molecule has 1 unspecified atom stereocenters. The molecule has 5 heteroatoms. The number of carbonyl (C=O) groups is 1. The van der Waals surface area contributed by atoms with Crippen LogP contribution in [0.2, 0.25) is 6.04 Å². The van der Waals surface area contributed by atoms with Crippen LogP contribution in [0.3, 0.4) is 0 Å². The van der Waals surface area contributed by atoms with Crippen LogP contribution in [0.15, 0.2) is 12.7 Å². The van der Waals surface area contributed by atoms with Gasteiger partial charge in [0, 0.05) is 19.3 Å². The van der Waals surface area contributed by atoms with E-state index in [-0.39, 0.29) is 5.73 Å². The Kier molecular flexibility index (Phi) is 10.7. The molecule has 0 aromatic heterocycles. The molecular formula is C15H30O4Si. The molecule has 1 atom stereocenters. The summed E-state index contributed by atoms with van der Waals surface area (Å²) in [5.41, 5.74) is -0.272. The highest BCUT2D eigenvalue weighted by atomic mass is 28.4. The van der Waals surface area contributed by atoms with Crippen LogP contribution in [0.25, 0.3) is 0 Å². The van der Waals surface area contributed by atoms with Crippen molar-refractivity contribution < 1.29 is 18.4 Å². The van der Waals surface area contributed by atoms with Gasteiger partial charge in [0.2, 0.25) is 0 Å². The molecule has 0 aromatic rings. The third kappa shape index (κ3) is 6.20. The van der Waals surface area contributed by atoms with E-state index in [0.29, 0.717) is 19.6 Å². The van der Waals surface area contributed by atoms with Crippen molar-refractivity contribution in [3.8, 4) is 0 Å². The van der Waals surface area contributed by atoms with Crippen molar-refractivity contribution in [3.05, 3.63) is 12.7 Å². The average molecular weight is 302 g/mol. The lowest BCUT2D eigenvalue weighted by atomic mass is 10.5. The summed E-state index contributed by atoms with van der Waals surface area (Å²) in [7, 11) is -2.54. The summed E-state index contributed by atoms with van der Waals surface area (Å²) in [6.07, 6.45) is 4.73. The molecule has 0 aliphatic rings. The Balaban J connectivity index is 5.13. The van der Waals surface area contributed by atoms with Gasteiger partial charge in [-0.2, -0.15) is 0 Å². The van der Waals surface area contributed by atoms with Gasteiger partial charge in [0.05, 0.1) is 0 Å². The summed E-state index contributed by atoms with van der Waals surface area (Å²) < 4.78 is 17.8. The smallest absolute Gasteiger partial charge is 0.380 e. The molecule has 0 radical (unpaired) electrons. The maximum absolute atomic E-state index is 11.6. The summed E-state index contributed by atoms with van der Waals surface area (Å²) in [5, 5.41) is 0. The van der Waals surface area contributed by atoms with E-state index in [0.717, 1.165) is 25.3 Å². The normalized spacial score (nSPS) is 13.0. The fourth-order valence-corrected chi connectivity index (χ4v) is 5.88. The molecule has 0 saturated heterocycles. The summed E-state index contributed by atoms with van der Waals surface area (Å²) in [6.45, 7) is 13.0. The Hall–Kier alpha value is -0.653. The largest absolute Gasteiger partial charge is 0.457 e. The number of carbonyl (C=O) groups excluding carboxylic acids is 1. The molecule has 4 nitrogen and oxygen atoms in total. The van der Waals surface area contributed by atoms with E-state index in [1.165, 1.54) is 6.08 Å². The molecule has 0 N–H and O–H groups in total. The third-order valence-corrected chi connectivity index (χ3v) is 7.08. The van der Waals surface area contributed by atoms with Gasteiger partial charge in [-0.3, -0.25) is 0 Å². The zero-order chi connectivity index (χ0) is 15.4. The first-order chi connectivity index (χ1) is 9.60. The molecule has 0 spiro atoms. The monoisotopic (exact) mass is 302 g/mol. The van der Waals surface area contributed by atoms with E-state index in [1.54, 1.807) is 0 Å². The summed E-state index contributed by atoms with van der Waals surface area (Å²) in [5.74, 6) is -0.398. The minimum atomic E-state index is -2.54. The summed E-state index contributed by atoms with van der Waals surface area (Å²) in [4.78, 5) is 11.6. The minimum Gasteiger partial charge on any atom is -0.457 e. The number of hydrogen-bond acceptors (Lipinski definition) is 4. The predicted octanol–water partition coefficient (Wildman–Crippen LogP) is 3.74. The van der Waals surface area contributed by atoms with Crippen molar-refractivity contribution in [1.29, 1.82) is 0 Å². The van der Waals surface area contributed by atoms with Crippen LogP contribution in [-0.2, 0) is 18.4 Å². The Morgan fingerprint density at radius 2 is 1.65 bits per heavy atom. The minimum absolute atomic E-state index is 0.272. The maximum atomic E-state index is 11.6. The number of rotatable bonds is 12. The van der Waals surface area contributed by atoms with E-state index in [4.69, 9.17) is 13.6 Å². The van der Waals surface area contributed by atoms with Gasteiger partial charge in [-0.05, 0) is 25.3 Å². The first-order valence-electron chi connectivity index (χ1n) is 7.71. The van der Waals surface area contributed by atoms with E-state index >= 15 is 0 Å². The second-order valence-corrected chi connectivity index (χ2v) is 8.14. The molecule has 0 rings (SSSR count). The fraction of sp³-hybridized carbons (Fsp3) is 0.800. The fourth-order valence-electron chi connectivity index (χ4n) is 2.10. The van der Waals surface area contributed by atoms with Crippen LogP contribution in [0.1, 0.15) is 53.4 Å². The Morgan fingerprint density at radius 1 is 1.10 bits per heavy atom. The molecule has 118 valence electrons. The quantitative estimate of drug-likeness (QED) is 0.313. The molecule has 0 heterocycles. The first kappa shape index (κ1) is 19.3. The van der Waals surface area contributed by atoms with Crippen molar-refractivity contribution in [3.63, 3.8) is 0 Å². The number of hydrogen-bond donors (Lipinski definition) is 0. The van der Waals surface area contributed by atoms with Gasteiger partial charge in [-0.1, -0.05) is 40.7 Å². The molecule has 0 aromatic carbocycles. The third-order valence-electron chi connectivity index (χ3n) is 2.99. The average Bonchev–Trinajstić information content (AvgIpc) is 2.47. The highest BCUT2D eigenvalue weighted by molar-refractivity contribution is 6.69. The zero-order valence-corrected chi connectivity index (χ0v) is 14.4. The second kappa shape index (κ2) is 11.1. The van der Waals surface area contributed by atoms with E-state index in [1.807, 2.05) is 6.92 Å². The van der Waals surface area contributed by atoms with Gasteiger partial charge >= 0.3 is 14.5 Å². The maximum Gasteiger partial charge on any atom is 0.380 e. The molecule has 20 heavy (non-hydrogen) atoms. The van der Waals surface area contributed by atoms with Crippen LogP contribution in [0.5, 0.6) is 0 Å². The van der Waals surface area contributed by atoms with E-state index in [2.05, 4.69) is 27.4 Å². The van der Waals surface area contributed by atoms with Gasteiger partial charge < -0.3 is 13.6 Å². The zero-order valence-electron chi connectivity index (χ0n) is 13.4. The molecule has 0 bridgehead atoms. The standard InChI is InChI=1S/C15H30O4Si/c1-6-11-17-20(13-8-3,18-12-7-2)15(10-5)19-14(16)9-4/h9,15H,4,6-8,10-13H2,1-3,5H3. The molecule has 0 aliphatic heterocycles. The lowest BCUT2D eigenvalue weighted by molar-refractivity contribution is -0.141. The predicted molar refractivity (Wildman–Crippen MR) is 83.7 cm³/mol. The highest BCUT2D eigenvalue weighted by Gasteiger charge is 2.47. The summed E-state index contributed by atoms with van der Waals surface area (Å²) in [6, 6.07) is 0.843. The summed E-state index contributed by atoms with van der Waals surface area (Å²) >= 11 is 0. The van der Waals surface area contributed by atoms with Crippen LogP contribution >= 0.6 is 0 Å². The van der Waals surface area contributed by atoms with Gasteiger partial charge in [0.1, 0.15) is 5.73 Å². The van der Waals surface area contributed by atoms with E-state index < -0.39 is 14.5 Å². The van der Waals surface area contributed by atoms with Crippen LogP contribution in [0.4, 0.5) is 0 Å². The first-order valence-corrected chi connectivity index (χ1v) is 9.81. The van der Waals surface area contributed by atoms with Gasteiger partial charge in [0.25, 0.3) is 0 Å². The van der Waals surface area contributed by atoms with Crippen LogP contribution in [0, 0.1) is 0 Å². The topological polar surface area (TPSA) is 44.8 Å². The van der Waals surface area contributed by atoms with Crippen molar-refractivity contribution >= 4 is 14.5 Å². The molecule has 0 fully saturated rings. The van der Waals surface area contributed by atoms with Gasteiger partial charge in [0.15, 0.2) is 0 Å². The lowest BCUT2D eigenvalue weighted by Crippen LogP contribution is -2.55.